The van der Waals surface area contributed by atoms with E-state index in [1.807, 2.05) is 37.3 Å². The molecule has 0 bridgehead atoms. The number of para-hydroxylation sites is 1. The largest absolute Gasteiger partial charge is 0.494 e. The first-order chi connectivity index (χ1) is 15.5. The molecule has 0 atom stereocenters. The Morgan fingerprint density at radius 1 is 0.781 bits per heavy atom. The molecule has 0 saturated heterocycles. The minimum atomic E-state index is -0.350. The average molecular weight is 434 g/mol. The van der Waals surface area contributed by atoms with Gasteiger partial charge in [-0.05, 0) is 30.2 Å². The van der Waals surface area contributed by atoms with Gasteiger partial charge < -0.3 is 24.8 Å². The molecule has 7 heteroatoms. The topological polar surface area (TPSA) is 85.9 Å². The molecule has 7 nitrogen and oxygen atoms in total. The zero-order valence-corrected chi connectivity index (χ0v) is 18.3. The average Bonchev–Trinajstić information content (AvgIpc) is 2.83. The number of nitrogens with one attached hydrogen (secondary N) is 2. The normalized spacial score (nSPS) is 10.2. The van der Waals surface area contributed by atoms with Crippen LogP contribution in [0.3, 0.4) is 0 Å². The summed E-state index contributed by atoms with van der Waals surface area (Å²) in [4.78, 5) is 25.0. The fraction of sp³-hybridized carbons (Fsp3) is 0.200. The number of ether oxygens (including phenoxy) is 3. The van der Waals surface area contributed by atoms with Gasteiger partial charge >= 0.3 is 0 Å². The van der Waals surface area contributed by atoms with Crippen molar-refractivity contribution in [1.82, 2.24) is 0 Å². The van der Waals surface area contributed by atoms with Crippen molar-refractivity contribution >= 4 is 23.2 Å². The zero-order chi connectivity index (χ0) is 22.9. The van der Waals surface area contributed by atoms with Crippen LogP contribution in [0.25, 0.3) is 0 Å². The number of hydrogen-bond donors (Lipinski definition) is 2. The van der Waals surface area contributed by atoms with Crippen molar-refractivity contribution in [3.63, 3.8) is 0 Å². The van der Waals surface area contributed by atoms with Gasteiger partial charge in [-0.3, -0.25) is 9.59 Å². The Kier molecular flexibility index (Phi) is 7.70. The van der Waals surface area contributed by atoms with Gasteiger partial charge in [0, 0.05) is 17.7 Å². The highest BCUT2D eigenvalue weighted by atomic mass is 16.5. The number of benzene rings is 3. The van der Waals surface area contributed by atoms with Crippen molar-refractivity contribution in [3.8, 4) is 17.2 Å². The highest BCUT2D eigenvalue weighted by Gasteiger charge is 2.16. The van der Waals surface area contributed by atoms with Crippen LogP contribution in [-0.4, -0.2) is 32.6 Å². The summed E-state index contributed by atoms with van der Waals surface area (Å²) in [6.07, 6.45) is 0.805. The van der Waals surface area contributed by atoms with Crippen LogP contribution in [0.2, 0.25) is 0 Å². The van der Waals surface area contributed by atoms with Crippen molar-refractivity contribution in [1.29, 1.82) is 0 Å². The van der Waals surface area contributed by atoms with Gasteiger partial charge in [0.25, 0.3) is 11.8 Å². The molecular weight excluding hydrogens is 408 g/mol. The second-order valence-corrected chi connectivity index (χ2v) is 6.87. The highest BCUT2D eigenvalue weighted by molar-refractivity contribution is 6.05. The van der Waals surface area contributed by atoms with Crippen molar-refractivity contribution in [2.45, 2.75) is 13.3 Å². The lowest BCUT2D eigenvalue weighted by Gasteiger charge is -2.16. The summed E-state index contributed by atoms with van der Waals surface area (Å²) in [5, 5.41) is 5.59. The van der Waals surface area contributed by atoms with Gasteiger partial charge in [0.1, 0.15) is 17.2 Å². The van der Waals surface area contributed by atoms with Crippen LogP contribution < -0.4 is 24.8 Å². The van der Waals surface area contributed by atoms with E-state index in [0.717, 1.165) is 12.0 Å². The molecule has 0 saturated carbocycles. The molecule has 0 aliphatic rings. The summed E-state index contributed by atoms with van der Waals surface area (Å²) in [5.74, 6) is 0.788. The first kappa shape index (κ1) is 22.7. The van der Waals surface area contributed by atoms with Crippen LogP contribution in [0.5, 0.6) is 17.2 Å². The second-order valence-electron chi connectivity index (χ2n) is 6.87. The molecule has 0 aromatic heterocycles. The lowest BCUT2D eigenvalue weighted by Crippen LogP contribution is -2.21. The number of hydrogen-bond acceptors (Lipinski definition) is 5. The van der Waals surface area contributed by atoms with E-state index in [4.69, 9.17) is 14.2 Å². The van der Waals surface area contributed by atoms with Crippen molar-refractivity contribution in [2.75, 3.05) is 31.5 Å². The van der Waals surface area contributed by atoms with Crippen molar-refractivity contribution in [2.24, 2.45) is 0 Å². The number of anilines is 2. The Balaban J connectivity index is 1.73. The maximum atomic E-state index is 12.5. The van der Waals surface area contributed by atoms with E-state index in [9.17, 15) is 9.59 Å². The maximum Gasteiger partial charge on any atom is 0.262 e. The number of rotatable bonds is 9. The first-order valence-corrected chi connectivity index (χ1v) is 10.2. The predicted octanol–water partition coefficient (Wildman–Crippen LogP) is 4.54. The van der Waals surface area contributed by atoms with Crippen molar-refractivity contribution in [3.05, 3.63) is 77.9 Å². The van der Waals surface area contributed by atoms with Gasteiger partial charge in [0.05, 0.1) is 25.6 Å². The number of methoxy groups -OCH3 is 2. The Morgan fingerprint density at radius 2 is 1.38 bits per heavy atom. The number of amides is 2. The van der Waals surface area contributed by atoms with E-state index in [1.54, 1.807) is 36.4 Å². The summed E-state index contributed by atoms with van der Waals surface area (Å²) < 4.78 is 16.5. The Bertz CT molecular complexity index is 1080. The van der Waals surface area contributed by atoms with Crippen LogP contribution in [0, 0.1) is 0 Å². The van der Waals surface area contributed by atoms with E-state index in [-0.39, 0.29) is 18.4 Å². The van der Waals surface area contributed by atoms with Crippen LogP contribution in [0.4, 0.5) is 11.4 Å². The molecule has 166 valence electrons. The summed E-state index contributed by atoms with van der Waals surface area (Å²) in [5.41, 5.74) is 2.36. The molecule has 0 aliphatic heterocycles. The molecule has 2 N–H and O–H groups in total. The summed E-state index contributed by atoms with van der Waals surface area (Å²) in [6, 6.07) is 19.6. The number of aryl methyl sites for hydroxylation is 1. The van der Waals surface area contributed by atoms with Crippen LogP contribution in [-0.2, 0) is 11.2 Å². The molecule has 0 spiro atoms. The van der Waals surface area contributed by atoms with Gasteiger partial charge in [0.15, 0.2) is 6.61 Å². The third-order valence-corrected chi connectivity index (χ3v) is 4.79. The lowest BCUT2D eigenvalue weighted by molar-refractivity contribution is -0.118. The van der Waals surface area contributed by atoms with Gasteiger partial charge in [-0.25, -0.2) is 0 Å². The molecule has 0 aliphatic carbocycles. The van der Waals surface area contributed by atoms with Gasteiger partial charge in [-0.2, -0.15) is 0 Å². The van der Waals surface area contributed by atoms with E-state index in [1.165, 1.54) is 14.2 Å². The molecule has 32 heavy (non-hydrogen) atoms. The standard InChI is InChI=1S/C25H26N2O5/c1-4-17-10-8-9-13-21(17)32-16-24(28)26-19-14-23(31-3)20(15-22(19)30-2)27-25(29)18-11-6-5-7-12-18/h5-15H,4,16H2,1-3H3,(H,26,28)(H,27,29). The van der Waals surface area contributed by atoms with E-state index in [0.29, 0.717) is 34.2 Å². The first-order valence-electron chi connectivity index (χ1n) is 10.2. The molecule has 2 amide bonds. The Labute approximate surface area is 187 Å². The molecule has 0 unspecified atom stereocenters. The van der Waals surface area contributed by atoms with Gasteiger partial charge in [-0.15, -0.1) is 0 Å². The highest BCUT2D eigenvalue weighted by Crippen LogP contribution is 2.36. The third kappa shape index (κ3) is 5.57. The lowest BCUT2D eigenvalue weighted by atomic mass is 10.1. The zero-order valence-electron chi connectivity index (χ0n) is 18.3. The fourth-order valence-corrected chi connectivity index (χ4v) is 3.14. The SMILES string of the molecule is CCc1ccccc1OCC(=O)Nc1cc(OC)c(NC(=O)c2ccccc2)cc1OC. The van der Waals surface area contributed by atoms with Gasteiger partial charge in [-0.1, -0.05) is 43.3 Å². The second kappa shape index (κ2) is 10.9. The Morgan fingerprint density at radius 3 is 2.00 bits per heavy atom. The quantitative estimate of drug-likeness (QED) is 0.517. The minimum absolute atomic E-state index is 0.158. The van der Waals surface area contributed by atoms with E-state index < -0.39 is 0 Å². The molecule has 3 aromatic carbocycles. The number of carbonyl (C=O) groups excluding carboxylic acids is 2. The predicted molar refractivity (Wildman–Crippen MR) is 124 cm³/mol. The summed E-state index contributed by atoms with van der Waals surface area (Å²) in [7, 11) is 2.96. The van der Waals surface area contributed by atoms with E-state index >= 15 is 0 Å². The minimum Gasteiger partial charge on any atom is -0.494 e. The van der Waals surface area contributed by atoms with Crippen molar-refractivity contribution < 1.29 is 23.8 Å². The number of carbonyl (C=O) groups is 2. The molecule has 3 rings (SSSR count). The summed E-state index contributed by atoms with van der Waals surface area (Å²) in [6.45, 7) is 1.87. The molecule has 0 radical (unpaired) electrons. The molecular formula is C25H26N2O5. The summed E-state index contributed by atoms with van der Waals surface area (Å²) >= 11 is 0. The maximum absolute atomic E-state index is 12.5. The molecule has 3 aromatic rings. The molecule has 0 fully saturated rings. The van der Waals surface area contributed by atoms with E-state index in [2.05, 4.69) is 10.6 Å². The monoisotopic (exact) mass is 434 g/mol. The fourth-order valence-electron chi connectivity index (χ4n) is 3.14. The molecule has 0 heterocycles. The Hall–Kier alpha value is -4.00. The van der Waals surface area contributed by atoms with Crippen LogP contribution >= 0.6 is 0 Å². The van der Waals surface area contributed by atoms with Crippen LogP contribution in [0.1, 0.15) is 22.8 Å². The third-order valence-electron chi connectivity index (χ3n) is 4.79. The van der Waals surface area contributed by atoms with Crippen LogP contribution in [0.15, 0.2) is 66.7 Å². The van der Waals surface area contributed by atoms with Gasteiger partial charge in [0.2, 0.25) is 0 Å². The smallest absolute Gasteiger partial charge is 0.262 e.